The lowest BCUT2D eigenvalue weighted by Gasteiger charge is -2.10. The number of rotatable bonds is 2. The Balaban J connectivity index is 1.28. The molecule has 0 fully saturated rings. The molecule has 7 aromatic carbocycles. The predicted octanol–water partition coefficient (Wildman–Crippen LogP) is 10.4. The van der Waals surface area contributed by atoms with Gasteiger partial charge in [-0.3, -0.25) is 0 Å². The van der Waals surface area contributed by atoms with E-state index in [1.54, 1.807) is 0 Å². The third-order valence-corrected chi connectivity index (χ3v) is 8.46. The molecule has 8 aromatic rings. The first-order valence-electron chi connectivity index (χ1n) is 13.5. The highest BCUT2D eigenvalue weighted by molar-refractivity contribution is 6.17. The zero-order chi connectivity index (χ0) is 25.5. The normalized spacial score (nSPS) is 12.1. The van der Waals surface area contributed by atoms with Gasteiger partial charge in [0.15, 0.2) is 0 Å². The van der Waals surface area contributed by atoms with Crippen molar-refractivity contribution < 1.29 is 0 Å². The molecule has 0 N–H and O–H groups in total. The smallest absolute Gasteiger partial charge is 0.0547 e. The van der Waals surface area contributed by atoms with E-state index in [2.05, 4.69) is 144 Å². The second kappa shape index (κ2) is 7.69. The third-order valence-electron chi connectivity index (χ3n) is 8.46. The van der Waals surface area contributed by atoms with E-state index < -0.39 is 0 Å². The summed E-state index contributed by atoms with van der Waals surface area (Å²) in [5, 5.41) is 7.77. The fourth-order valence-corrected chi connectivity index (χ4v) is 6.73. The molecule has 0 aliphatic heterocycles. The molecule has 180 valence electrons. The lowest BCUT2D eigenvalue weighted by Crippen LogP contribution is -1.92. The summed E-state index contributed by atoms with van der Waals surface area (Å²) in [4.78, 5) is 0. The first-order chi connectivity index (χ1) is 19.3. The molecule has 0 saturated heterocycles. The fourth-order valence-electron chi connectivity index (χ4n) is 6.73. The summed E-state index contributed by atoms with van der Waals surface area (Å²) in [7, 11) is 0. The van der Waals surface area contributed by atoms with E-state index in [1.165, 1.54) is 82.4 Å². The number of hydrogen-bond acceptors (Lipinski definition) is 0. The highest BCUT2D eigenvalue weighted by atomic mass is 15.0. The van der Waals surface area contributed by atoms with Crippen LogP contribution in [0.3, 0.4) is 0 Å². The van der Waals surface area contributed by atoms with Crippen molar-refractivity contribution in [3.05, 3.63) is 140 Å². The Morgan fingerprint density at radius 3 is 2.00 bits per heavy atom. The molecule has 1 heteroatoms. The van der Waals surface area contributed by atoms with Crippen LogP contribution in [0, 0.1) is 0 Å². The van der Waals surface area contributed by atoms with Crippen LogP contribution in [0.25, 0.3) is 82.4 Å². The van der Waals surface area contributed by atoms with Gasteiger partial charge in [-0.1, -0.05) is 91.0 Å². The van der Waals surface area contributed by atoms with E-state index in [0.717, 1.165) is 0 Å². The Labute approximate surface area is 226 Å². The molecule has 0 bridgehead atoms. The van der Waals surface area contributed by atoms with Gasteiger partial charge >= 0.3 is 0 Å². The summed E-state index contributed by atoms with van der Waals surface area (Å²) in [6.45, 7) is 0. The average Bonchev–Trinajstić information content (AvgIpc) is 3.50. The molecule has 1 aromatic heterocycles. The zero-order valence-corrected chi connectivity index (χ0v) is 21.2. The largest absolute Gasteiger partial charge is 0.309 e. The number of nitrogens with zero attached hydrogens (tertiary/aromatic N) is 1. The molecular weight excluding hydrogens is 470 g/mol. The Hall–Kier alpha value is -5.14. The van der Waals surface area contributed by atoms with Crippen LogP contribution in [-0.2, 0) is 0 Å². The van der Waals surface area contributed by atoms with E-state index in [1.807, 2.05) is 0 Å². The Bertz CT molecular complexity index is 2270. The Morgan fingerprint density at radius 2 is 1.10 bits per heavy atom. The van der Waals surface area contributed by atoms with Gasteiger partial charge in [0.25, 0.3) is 0 Å². The van der Waals surface area contributed by atoms with Crippen LogP contribution in [-0.4, -0.2) is 4.57 Å². The zero-order valence-electron chi connectivity index (χ0n) is 21.2. The molecule has 1 aliphatic carbocycles. The van der Waals surface area contributed by atoms with Crippen LogP contribution in [0.5, 0.6) is 0 Å². The molecule has 0 unspecified atom stereocenters. The number of hydrogen-bond donors (Lipinski definition) is 0. The molecule has 39 heavy (non-hydrogen) atoms. The number of aromatic nitrogens is 1. The number of fused-ring (bicyclic) bond motifs is 7. The van der Waals surface area contributed by atoms with Crippen molar-refractivity contribution >= 4 is 43.4 Å². The van der Waals surface area contributed by atoms with Crippen molar-refractivity contribution in [3.8, 4) is 39.1 Å². The number of benzene rings is 7. The van der Waals surface area contributed by atoms with Crippen LogP contribution in [0.4, 0.5) is 0 Å². The van der Waals surface area contributed by atoms with Crippen molar-refractivity contribution in [2.45, 2.75) is 0 Å². The lowest BCUT2D eigenvalue weighted by atomic mass is 9.94. The second-order valence-corrected chi connectivity index (χ2v) is 10.6. The van der Waals surface area contributed by atoms with Crippen molar-refractivity contribution in [2.75, 3.05) is 0 Å². The van der Waals surface area contributed by atoms with Gasteiger partial charge in [0.1, 0.15) is 0 Å². The van der Waals surface area contributed by atoms with Crippen LogP contribution in [0.15, 0.2) is 140 Å². The summed E-state index contributed by atoms with van der Waals surface area (Å²) in [5.74, 6) is 0. The first-order valence-corrected chi connectivity index (χ1v) is 13.5. The van der Waals surface area contributed by atoms with Gasteiger partial charge < -0.3 is 4.57 Å². The van der Waals surface area contributed by atoms with E-state index in [-0.39, 0.29) is 0 Å². The maximum atomic E-state index is 2.39. The Morgan fingerprint density at radius 1 is 0.359 bits per heavy atom. The van der Waals surface area contributed by atoms with Gasteiger partial charge in [-0.15, -0.1) is 0 Å². The molecule has 0 saturated carbocycles. The van der Waals surface area contributed by atoms with E-state index >= 15 is 0 Å². The van der Waals surface area contributed by atoms with Crippen molar-refractivity contribution in [1.82, 2.24) is 4.57 Å². The van der Waals surface area contributed by atoms with Crippen LogP contribution >= 0.6 is 0 Å². The molecule has 1 nitrogen and oxygen atoms in total. The number of para-hydroxylation sites is 2. The third kappa shape index (κ3) is 2.90. The molecule has 0 radical (unpaired) electrons. The van der Waals surface area contributed by atoms with Gasteiger partial charge in [-0.05, 0) is 103 Å². The Kier molecular flexibility index (Phi) is 4.11. The second-order valence-electron chi connectivity index (χ2n) is 10.6. The maximum absolute atomic E-state index is 2.39. The van der Waals surface area contributed by atoms with Crippen LogP contribution in [0.2, 0.25) is 0 Å². The van der Waals surface area contributed by atoms with E-state index in [4.69, 9.17) is 0 Å². The molecule has 1 heterocycles. The van der Waals surface area contributed by atoms with E-state index in [0.29, 0.717) is 0 Å². The predicted molar refractivity (Wildman–Crippen MR) is 166 cm³/mol. The van der Waals surface area contributed by atoms with Crippen LogP contribution in [0.1, 0.15) is 0 Å². The van der Waals surface area contributed by atoms with E-state index in [9.17, 15) is 0 Å². The average molecular weight is 494 g/mol. The SMILES string of the molecule is c1ccc(-n2c3ccccc3c3cc4cc(-c5cc6c7c(cccc7c5)-c5ccccc5-6)ccc4cc32)cc1. The minimum atomic E-state index is 1.19. The topological polar surface area (TPSA) is 4.93 Å². The van der Waals surface area contributed by atoms with Gasteiger partial charge in [-0.2, -0.15) is 0 Å². The summed E-state index contributed by atoms with van der Waals surface area (Å²) >= 11 is 0. The molecular formula is C38H23N. The van der Waals surface area contributed by atoms with Crippen molar-refractivity contribution in [2.24, 2.45) is 0 Å². The maximum Gasteiger partial charge on any atom is 0.0547 e. The fraction of sp³-hybridized carbons (Fsp3) is 0. The van der Waals surface area contributed by atoms with Crippen molar-refractivity contribution in [1.29, 1.82) is 0 Å². The highest BCUT2D eigenvalue weighted by Gasteiger charge is 2.21. The minimum Gasteiger partial charge on any atom is -0.309 e. The molecule has 0 atom stereocenters. The summed E-state index contributed by atoms with van der Waals surface area (Å²) < 4.78 is 2.39. The molecule has 0 spiro atoms. The minimum absolute atomic E-state index is 1.19. The highest BCUT2D eigenvalue weighted by Crippen LogP contribution is 2.48. The van der Waals surface area contributed by atoms with Gasteiger partial charge in [0.05, 0.1) is 11.0 Å². The summed E-state index contributed by atoms with van der Waals surface area (Å²) in [5.41, 5.74) is 11.5. The van der Waals surface area contributed by atoms with Gasteiger partial charge in [-0.25, -0.2) is 0 Å². The molecule has 1 aliphatic rings. The lowest BCUT2D eigenvalue weighted by molar-refractivity contribution is 1.18. The summed E-state index contributed by atoms with van der Waals surface area (Å²) in [6.07, 6.45) is 0. The monoisotopic (exact) mass is 493 g/mol. The first kappa shape index (κ1) is 20.9. The molecule has 0 amide bonds. The summed E-state index contributed by atoms with van der Waals surface area (Å²) in [6, 6.07) is 51.3. The van der Waals surface area contributed by atoms with Gasteiger partial charge in [0.2, 0.25) is 0 Å². The quantitative estimate of drug-likeness (QED) is 0.226. The van der Waals surface area contributed by atoms with Crippen LogP contribution < -0.4 is 0 Å². The molecule has 9 rings (SSSR count). The van der Waals surface area contributed by atoms with Crippen molar-refractivity contribution in [3.63, 3.8) is 0 Å². The standard InChI is InChI=1S/C38H23N/c1-2-10-29(11-3-1)39-36-16-7-6-14-32(36)34-21-27-19-24(17-18-25(27)23-37(34)39)28-20-26-9-8-15-33-30-12-4-5-13-31(30)35(22-28)38(26)33/h1-23H. The van der Waals surface area contributed by atoms with Gasteiger partial charge in [0, 0.05) is 16.5 Å².